The molecule has 0 bridgehead atoms. The van der Waals surface area contributed by atoms with Gasteiger partial charge in [0.1, 0.15) is 11.5 Å². The van der Waals surface area contributed by atoms with Crippen LogP contribution in [0, 0.1) is 5.82 Å². The molecular weight excluding hydrogens is 257 g/mol. The topological polar surface area (TPSA) is 42.2 Å². The van der Waals surface area contributed by atoms with E-state index in [9.17, 15) is 14.3 Å². The molecule has 0 atom stereocenters. The van der Waals surface area contributed by atoms with Crippen LogP contribution in [-0.2, 0) is 7.05 Å². The van der Waals surface area contributed by atoms with Gasteiger partial charge in [-0.25, -0.2) is 9.18 Å². The van der Waals surface area contributed by atoms with Crippen molar-refractivity contribution in [2.45, 2.75) is 0 Å². The van der Waals surface area contributed by atoms with Crippen LogP contribution in [0.5, 0.6) is 0 Å². The molecule has 3 aromatic rings. The molecule has 20 heavy (non-hydrogen) atoms. The molecule has 0 aliphatic heterocycles. The maximum atomic E-state index is 13.0. The Labute approximate surface area is 114 Å². The molecule has 0 amide bonds. The van der Waals surface area contributed by atoms with Gasteiger partial charge in [0.25, 0.3) is 0 Å². The van der Waals surface area contributed by atoms with Gasteiger partial charge in [-0.1, -0.05) is 30.3 Å². The van der Waals surface area contributed by atoms with E-state index in [-0.39, 0.29) is 11.5 Å². The first-order chi connectivity index (χ1) is 9.58. The van der Waals surface area contributed by atoms with Crippen LogP contribution in [0.4, 0.5) is 4.39 Å². The summed E-state index contributed by atoms with van der Waals surface area (Å²) >= 11 is 0. The lowest BCUT2D eigenvalue weighted by Gasteiger charge is -2.07. The third-order valence-electron chi connectivity index (χ3n) is 3.43. The third-order valence-corrected chi connectivity index (χ3v) is 3.43. The molecule has 0 aliphatic carbocycles. The molecule has 0 aliphatic rings. The molecule has 3 nitrogen and oxygen atoms in total. The van der Waals surface area contributed by atoms with Gasteiger partial charge in [0, 0.05) is 18.0 Å². The first-order valence-electron chi connectivity index (χ1n) is 6.15. The van der Waals surface area contributed by atoms with E-state index in [1.807, 2.05) is 18.2 Å². The predicted octanol–water partition coefficient (Wildman–Crippen LogP) is 3.68. The molecular formula is C16H12FNO2. The zero-order valence-electron chi connectivity index (χ0n) is 10.8. The number of hydrogen-bond donors (Lipinski definition) is 1. The van der Waals surface area contributed by atoms with Gasteiger partial charge < -0.3 is 9.67 Å². The smallest absolute Gasteiger partial charge is 0.352 e. The number of aromatic carboxylic acids is 1. The quantitative estimate of drug-likeness (QED) is 0.771. The lowest BCUT2D eigenvalue weighted by Crippen LogP contribution is -2.04. The van der Waals surface area contributed by atoms with E-state index < -0.39 is 5.97 Å². The highest BCUT2D eigenvalue weighted by atomic mass is 19.1. The average Bonchev–Trinajstić information content (AvgIpc) is 2.77. The summed E-state index contributed by atoms with van der Waals surface area (Å²) < 4.78 is 14.7. The Hall–Kier alpha value is -2.62. The third kappa shape index (κ3) is 1.86. The number of aryl methyl sites for hydroxylation is 1. The van der Waals surface area contributed by atoms with Crippen molar-refractivity contribution >= 4 is 16.9 Å². The van der Waals surface area contributed by atoms with Crippen LogP contribution in [0.15, 0.2) is 48.5 Å². The van der Waals surface area contributed by atoms with Crippen LogP contribution in [0.2, 0.25) is 0 Å². The molecule has 0 spiro atoms. The highest BCUT2D eigenvalue weighted by Crippen LogP contribution is 2.30. The number of fused-ring (bicyclic) bond motifs is 1. The fourth-order valence-corrected chi connectivity index (χ4v) is 2.48. The van der Waals surface area contributed by atoms with E-state index in [1.165, 1.54) is 12.1 Å². The SMILES string of the molecule is Cn1c(C(=O)O)cc2cccc(-c3ccc(F)cc3)c21. The fourth-order valence-electron chi connectivity index (χ4n) is 2.48. The van der Waals surface area contributed by atoms with Crippen molar-refractivity contribution in [3.05, 3.63) is 60.0 Å². The number of carbonyl (C=O) groups is 1. The molecule has 2 aromatic carbocycles. The summed E-state index contributed by atoms with van der Waals surface area (Å²) in [5.41, 5.74) is 2.80. The molecule has 0 unspecified atom stereocenters. The largest absolute Gasteiger partial charge is 0.477 e. The van der Waals surface area contributed by atoms with Crippen molar-refractivity contribution in [2.24, 2.45) is 7.05 Å². The second-order valence-corrected chi connectivity index (χ2v) is 4.64. The fraction of sp³-hybridized carbons (Fsp3) is 0.0625. The molecule has 0 fully saturated rings. The Bertz CT molecular complexity index is 803. The van der Waals surface area contributed by atoms with Gasteiger partial charge in [0.2, 0.25) is 0 Å². The second-order valence-electron chi connectivity index (χ2n) is 4.64. The molecule has 1 N–H and O–H groups in total. The van der Waals surface area contributed by atoms with E-state index in [1.54, 1.807) is 29.8 Å². The molecule has 1 aromatic heterocycles. The Morgan fingerprint density at radius 2 is 1.85 bits per heavy atom. The normalized spacial score (nSPS) is 10.9. The number of carboxylic acid groups (broad SMARTS) is 1. The van der Waals surface area contributed by atoms with Crippen LogP contribution >= 0.6 is 0 Å². The average molecular weight is 269 g/mol. The molecule has 4 heteroatoms. The van der Waals surface area contributed by atoms with Crippen molar-refractivity contribution in [3.8, 4) is 11.1 Å². The molecule has 0 saturated carbocycles. The van der Waals surface area contributed by atoms with E-state index in [0.29, 0.717) is 0 Å². The first-order valence-corrected chi connectivity index (χ1v) is 6.15. The summed E-state index contributed by atoms with van der Waals surface area (Å²) in [5.74, 6) is -1.26. The van der Waals surface area contributed by atoms with E-state index in [4.69, 9.17) is 0 Å². The van der Waals surface area contributed by atoms with E-state index in [2.05, 4.69) is 0 Å². The highest BCUT2D eigenvalue weighted by Gasteiger charge is 2.15. The van der Waals surface area contributed by atoms with Crippen molar-refractivity contribution in [2.75, 3.05) is 0 Å². The minimum Gasteiger partial charge on any atom is -0.477 e. The first kappa shape index (κ1) is 12.4. The van der Waals surface area contributed by atoms with Gasteiger partial charge in [-0.05, 0) is 23.8 Å². The summed E-state index contributed by atoms with van der Waals surface area (Å²) in [5, 5.41) is 10.0. The summed E-state index contributed by atoms with van der Waals surface area (Å²) in [6.45, 7) is 0. The molecule has 0 radical (unpaired) electrons. The lowest BCUT2D eigenvalue weighted by molar-refractivity contribution is 0.0687. The number of hydrogen-bond acceptors (Lipinski definition) is 1. The van der Waals surface area contributed by atoms with Gasteiger partial charge in [0.15, 0.2) is 0 Å². The van der Waals surface area contributed by atoms with Crippen LogP contribution in [-0.4, -0.2) is 15.6 Å². The Morgan fingerprint density at radius 3 is 2.50 bits per heavy atom. The Morgan fingerprint density at radius 1 is 1.15 bits per heavy atom. The van der Waals surface area contributed by atoms with E-state index in [0.717, 1.165) is 22.0 Å². The number of aromatic nitrogens is 1. The monoisotopic (exact) mass is 269 g/mol. The molecule has 1 heterocycles. The predicted molar refractivity (Wildman–Crippen MR) is 75.3 cm³/mol. The number of halogens is 1. The van der Waals surface area contributed by atoms with Gasteiger partial charge in [0.05, 0.1) is 5.52 Å². The zero-order valence-corrected chi connectivity index (χ0v) is 10.8. The van der Waals surface area contributed by atoms with Crippen LogP contribution in [0.25, 0.3) is 22.0 Å². The number of carboxylic acids is 1. The lowest BCUT2D eigenvalue weighted by atomic mass is 10.0. The summed E-state index contributed by atoms with van der Waals surface area (Å²) in [7, 11) is 1.72. The number of rotatable bonds is 2. The van der Waals surface area contributed by atoms with Crippen molar-refractivity contribution in [3.63, 3.8) is 0 Å². The standard InChI is InChI=1S/C16H12FNO2/c1-18-14(16(19)20)9-11-3-2-4-13(15(11)18)10-5-7-12(17)8-6-10/h2-9H,1H3,(H,19,20). The highest BCUT2D eigenvalue weighted by molar-refractivity contribution is 6.00. The van der Waals surface area contributed by atoms with Gasteiger partial charge in [-0.15, -0.1) is 0 Å². The maximum absolute atomic E-state index is 13.0. The zero-order chi connectivity index (χ0) is 14.3. The number of benzene rings is 2. The number of nitrogens with zero attached hydrogens (tertiary/aromatic N) is 1. The Balaban J connectivity index is 2.31. The number of para-hydroxylation sites is 1. The van der Waals surface area contributed by atoms with Crippen LogP contribution < -0.4 is 0 Å². The molecule has 0 saturated heterocycles. The summed E-state index contributed by atoms with van der Waals surface area (Å²) in [4.78, 5) is 11.2. The van der Waals surface area contributed by atoms with Crippen molar-refractivity contribution < 1.29 is 14.3 Å². The minimum absolute atomic E-state index is 0.231. The second kappa shape index (κ2) is 4.49. The summed E-state index contributed by atoms with van der Waals surface area (Å²) in [6.07, 6.45) is 0. The van der Waals surface area contributed by atoms with Crippen molar-refractivity contribution in [1.29, 1.82) is 0 Å². The van der Waals surface area contributed by atoms with Gasteiger partial charge in [-0.2, -0.15) is 0 Å². The molecule has 3 rings (SSSR count). The summed E-state index contributed by atoms with van der Waals surface area (Å²) in [6, 6.07) is 13.5. The van der Waals surface area contributed by atoms with Gasteiger partial charge in [-0.3, -0.25) is 0 Å². The van der Waals surface area contributed by atoms with Crippen LogP contribution in [0.3, 0.4) is 0 Å². The van der Waals surface area contributed by atoms with E-state index >= 15 is 0 Å². The van der Waals surface area contributed by atoms with Crippen LogP contribution in [0.1, 0.15) is 10.5 Å². The minimum atomic E-state index is -0.964. The van der Waals surface area contributed by atoms with Crippen molar-refractivity contribution in [1.82, 2.24) is 4.57 Å². The Kier molecular flexibility index (Phi) is 2.79. The van der Waals surface area contributed by atoms with Gasteiger partial charge >= 0.3 is 5.97 Å². The molecule has 100 valence electrons. The maximum Gasteiger partial charge on any atom is 0.352 e.